The Morgan fingerprint density at radius 3 is 2.30 bits per heavy atom. The Morgan fingerprint density at radius 1 is 1.06 bits per heavy atom. The number of nitrogens with zero attached hydrogens (tertiary/aromatic N) is 1. The standard InChI is InChI=1S/C26H28N2O5/c1-15(24(29)28-13-16-10-11-23(28)21(12-16)25(30)31)27-26(32)33-14-22-19-8-4-2-6-17(19)18-7-3-5-9-20(18)22/h2-9,15-16,21-23H,10-14H2,1H3,(H,27,32)(H,30,31)/t15-,16?,21?,23?/m0/s1. The van der Waals surface area contributed by atoms with Crippen LogP contribution < -0.4 is 5.32 Å². The lowest BCUT2D eigenvalue weighted by atomic mass is 9.72. The van der Waals surface area contributed by atoms with Gasteiger partial charge in [-0.1, -0.05) is 48.5 Å². The van der Waals surface area contributed by atoms with Crippen molar-refractivity contribution in [3.05, 3.63) is 59.7 Å². The molecule has 2 aromatic rings. The Morgan fingerprint density at radius 2 is 1.70 bits per heavy atom. The molecule has 7 nitrogen and oxygen atoms in total. The summed E-state index contributed by atoms with van der Waals surface area (Å²) < 4.78 is 5.55. The summed E-state index contributed by atoms with van der Waals surface area (Å²) in [6.07, 6.45) is 1.63. The van der Waals surface area contributed by atoms with Gasteiger partial charge in [-0.3, -0.25) is 9.59 Å². The first-order valence-electron chi connectivity index (χ1n) is 11.6. The molecule has 0 radical (unpaired) electrons. The topological polar surface area (TPSA) is 95.9 Å². The zero-order valence-electron chi connectivity index (χ0n) is 18.6. The number of carboxylic acid groups (broad SMARTS) is 1. The number of aliphatic carboxylic acids is 1. The van der Waals surface area contributed by atoms with Crippen LogP contribution in [0.2, 0.25) is 0 Å². The second kappa shape index (κ2) is 8.54. The van der Waals surface area contributed by atoms with Gasteiger partial charge in [0.05, 0.1) is 5.92 Å². The molecule has 4 aliphatic rings. The fraction of sp³-hybridized carbons (Fsp3) is 0.423. The fourth-order valence-corrected chi connectivity index (χ4v) is 5.84. The maximum absolute atomic E-state index is 13.0. The molecular weight excluding hydrogens is 420 g/mol. The quantitative estimate of drug-likeness (QED) is 0.728. The second-order valence-electron chi connectivity index (χ2n) is 9.37. The maximum atomic E-state index is 13.0. The third kappa shape index (κ3) is 3.86. The van der Waals surface area contributed by atoms with Crippen LogP contribution in [0.4, 0.5) is 4.79 Å². The minimum Gasteiger partial charge on any atom is -0.481 e. The number of carbonyl (C=O) groups is 3. The van der Waals surface area contributed by atoms with Crippen LogP contribution in [0.5, 0.6) is 0 Å². The zero-order valence-corrected chi connectivity index (χ0v) is 18.6. The number of hydrogen-bond acceptors (Lipinski definition) is 4. The number of carboxylic acids is 1. The molecule has 0 aromatic heterocycles. The van der Waals surface area contributed by atoms with Crippen LogP contribution in [0.3, 0.4) is 0 Å². The molecule has 6 rings (SSSR count). The van der Waals surface area contributed by atoms with E-state index in [4.69, 9.17) is 4.74 Å². The molecule has 172 valence electrons. The number of ether oxygens (including phenoxy) is 1. The lowest BCUT2D eigenvalue weighted by Crippen LogP contribution is -2.60. The summed E-state index contributed by atoms with van der Waals surface area (Å²) in [6, 6.07) is 15.1. The van der Waals surface area contributed by atoms with Crippen LogP contribution >= 0.6 is 0 Å². The van der Waals surface area contributed by atoms with Gasteiger partial charge in [0.15, 0.2) is 0 Å². The molecule has 3 fully saturated rings. The average Bonchev–Trinajstić information content (AvgIpc) is 3.16. The van der Waals surface area contributed by atoms with Crippen molar-refractivity contribution < 1.29 is 24.2 Å². The van der Waals surface area contributed by atoms with Gasteiger partial charge in [0, 0.05) is 18.5 Å². The molecule has 4 atom stereocenters. The monoisotopic (exact) mass is 448 g/mol. The van der Waals surface area contributed by atoms with Crippen LogP contribution in [0.1, 0.15) is 43.2 Å². The average molecular weight is 449 g/mol. The van der Waals surface area contributed by atoms with Crippen molar-refractivity contribution in [3.8, 4) is 11.1 Å². The second-order valence-corrected chi connectivity index (χ2v) is 9.37. The normalized spacial score (nSPS) is 24.0. The predicted octanol–water partition coefficient (Wildman–Crippen LogP) is 3.63. The maximum Gasteiger partial charge on any atom is 0.407 e. The largest absolute Gasteiger partial charge is 0.481 e. The van der Waals surface area contributed by atoms with Crippen LogP contribution in [-0.2, 0) is 14.3 Å². The smallest absolute Gasteiger partial charge is 0.407 e. The Kier molecular flexibility index (Phi) is 5.56. The summed E-state index contributed by atoms with van der Waals surface area (Å²) in [4.78, 5) is 38.9. The van der Waals surface area contributed by atoms with Gasteiger partial charge in [-0.25, -0.2) is 4.79 Å². The number of rotatable bonds is 5. The van der Waals surface area contributed by atoms with E-state index in [1.807, 2.05) is 24.3 Å². The van der Waals surface area contributed by atoms with Crippen molar-refractivity contribution in [2.24, 2.45) is 11.8 Å². The van der Waals surface area contributed by atoms with E-state index in [-0.39, 0.29) is 30.4 Å². The van der Waals surface area contributed by atoms with Crippen LogP contribution in [0, 0.1) is 11.8 Å². The Bertz CT molecular complexity index is 1050. The Balaban J connectivity index is 1.21. The van der Waals surface area contributed by atoms with Gasteiger partial charge in [-0.2, -0.15) is 0 Å². The molecule has 2 aromatic carbocycles. The van der Waals surface area contributed by atoms with E-state index in [0.29, 0.717) is 19.4 Å². The minimum atomic E-state index is -0.848. The van der Waals surface area contributed by atoms with Gasteiger partial charge < -0.3 is 20.1 Å². The first-order chi connectivity index (χ1) is 15.9. The van der Waals surface area contributed by atoms with Gasteiger partial charge in [-0.05, 0) is 54.4 Å². The predicted molar refractivity (Wildman–Crippen MR) is 122 cm³/mol. The van der Waals surface area contributed by atoms with Gasteiger partial charge >= 0.3 is 12.1 Å². The van der Waals surface area contributed by atoms with Gasteiger partial charge in [0.25, 0.3) is 0 Å². The zero-order chi connectivity index (χ0) is 23.1. The summed E-state index contributed by atoms with van der Waals surface area (Å²) in [5.74, 6) is -1.46. The molecule has 7 heteroatoms. The van der Waals surface area contributed by atoms with Crippen molar-refractivity contribution >= 4 is 18.0 Å². The van der Waals surface area contributed by atoms with E-state index in [9.17, 15) is 19.5 Å². The highest BCUT2D eigenvalue weighted by molar-refractivity contribution is 5.86. The number of amides is 2. The van der Waals surface area contributed by atoms with Crippen LogP contribution in [-0.4, -0.2) is 53.2 Å². The first kappa shape index (κ1) is 21.5. The molecule has 0 spiro atoms. The third-order valence-corrected chi connectivity index (χ3v) is 7.43. The highest BCUT2D eigenvalue weighted by Gasteiger charge is 2.46. The fourth-order valence-electron chi connectivity index (χ4n) is 5.84. The molecular formula is C26H28N2O5. The van der Waals surface area contributed by atoms with E-state index in [1.54, 1.807) is 11.8 Å². The summed E-state index contributed by atoms with van der Waals surface area (Å²) in [6.45, 7) is 2.36. The number of carbonyl (C=O) groups excluding carboxylic acids is 2. The van der Waals surface area contributed by atoms with Crippen molar-refractivity contribution in [1.29, 1.82) is 0 Å². The molecule has 33 heavy (non-hydrogen) atoms. The van der Waals surface area contributed by atoms with Crippen molar-refractivity contribution in [2.45, 2.75) is 44.2 Å². The van der Waals surface area contributed by atoms with Crippen molar-refractivity contribution in [3.63, 3.8) is 0 Å². The van der Waals surface area contributed by atoms with E-state index in [0.717, 1.165) is 28.7 Å². The van der Waals surface area contributed by atoms with E-state index >= 15 is 0 Å². The van der Waals surface area contributed by atoms with Crippen molar-refractivity contribution in [1.82, 2.24) is 10.2 Å². The molecule has 2 aliphatic carbocycles. The van der Waals surface area contributed by atoms with Gasteiger partial charge in [0.1, 0.15) is 12.6 Å². The highest BCUT2D eigenvalue weighted by Crippen LogP contribution is 2.44. The molecule has 2 heterocycles. The van der Waals surface area contributed by atoms with E-state index < -0.39 is 24.0 Å². The number of piperidine rings is 2. The molecule has 2 aliphatic heterocycles. The van der Waals surface area contributed by atoms with Gasteiger partial charge in [-0.15, -0.1) is 0 Å². The molecule has 2 amide bonds. The lowest BCUT2D eigenvalue weighted by molar-refractivity contribution is -0.156. The SMILES string of the molecule is C[C@H](NC(=O)OCC1c2ccccc2-c2ccccc21)C(=O)N1CC2CCC1C(C(=O)O)C2. The van der Waals surface area contributed by atoms with E-state index in [1.165, 1.54) is 0 Å². The summed E-state index contributed by atoms with van der Waals surface area (Å²) in [5, 5.41) is 12.2. The highest BCUT2D eigenvalue weighted by atomic mass is 16.5. The molecule has 2 saturated heterocycles. The molecule has 1 saturated carbocycles. The summed E-state index contributed by atoms with van der Waals surface area (Å²) in [5.41, 5.74) is 4.55. The summed E-state index contributed by atoms with van der Waals surface area (Å²) >= 11 is 0. The number of fused-ring (bicyclic) bond motifs is 6. The molecule has 2 bridgehead atoms. The number of alkyl carbamates (subject to hydrolysis) is 1. The third-order valence-electron chi connectivity index (χ3n) is 7.43. The lowest BCUT2D eigenvalue weighted by Gasteiger charge is -2.49. The van der Waals surface area contributed by atoms with Crippen molar-refractivity contribution in [2.75, 3.05) is 13.2 Å². The molecule has 3 unspecified atom stereocenters. The Hall–Kier alpha value is -3.35. The van der Waals surface area contributed by atoms with E-state index in [2.05, 4.69) is 29.6 Å². The summed E-state index contributed by atoms with van der Waals surface area (Å²) in [7, 11) is 0. The number of hydrogen-bond donors (Lipinski definition) is 2. The van der Waals surface area contributed by atoms with Crippen LogP contribution in [0.25, 0.3) is 11.1 Å². The number of nitrogens with one attached hydrogen (secondary N) is 1. The molecule has 2 N–H and O–H groups in total. The van der Waals surface area contributed by atoms with Crippen LogP contribution in [0.15, 0.2) is 48.5 Å². The first-order valence-corrected chi connectivity index (χ1v) is 11.6. The number of benzene rings is 2. The Labute approximate surface area is 192 Å². The minimum absolute atomic E-state index is 0.0525. The van der Waals surface area contributed by atoms with Gasteiger partial charge in [0.2, 0.25) is 5.91 Å².